The third-order valence-electron chi connectivity index (χ3n) is 4.58. The van der Waals surface area contributed by atoms with Crippen LogP contribution in [0.4, 0.5) is 10.6 Å². The Balaban J connectivity index is 1.50. The molecule has 2 aliphatic rings. The van der Waals surface area contributed by atoms with Crippen molar-refractivity contribution >= 4 is 17.8 Å². The monoisotopic (exact) mass is 303 g/mol. The SMILES string of the molecule is O=C(Nc1ccc2c(n1)CCC2)NC1CCC(C(=O)O)CC1. The highest BCUT2D eigenvalue weighted by Gasteiger charge is 2.26. The maximum atomic E-state index is 12.0. The topological polar surface area (TPSA) is 91.3 Å². The molecule has 0 aromatic carbocycles. The van der Waals surface area contributed by atoms with Crippen LogP contribution in [0.25, 0.3) is 0 Å². The number of amides is 2. The number of carbonyl (C=O) groups excluding carboxylic acids is 1. The second kappa shape index (κ2) is 6.34. The number of aryl methyl sites for hydroxylation is 2. The van der Waals surface area contributed by atoms with Gasteiger partial charge in [0.25, 0.3) is 0 Å². The first-order valence-corrected chi connectivity index (χ1v) is 7.91. The molecule has 0 unspecified atom stereocenters. The van der Waals surface area contributed by atoms with E-state index in [1.807, 2.05) is 12.1 Å². The van der Waals surface area contributed by atoms with Crippen molar-refractivity contribution in [2.75, 3.05) is 5.32 Å². The number of carbonyl (C=O) groups is 2. The molecule has 0 spiro atoms. The molecule has 3 N–H and O–H groups in total. The minimum Gasteiger partial charge on any atom is -0.481 e. The molecule has 0 bridgehead atoms. The number of hydrogen-bond donors (Lipinski definition) is 3. The summed E-state index contributed by atoms with van der Waals surface area (Å²) in [4.78, 5) is 27.4. The standard InChI is InChI=1S/C16H21N3O3/c20-15(21)11-4-7-12(8-5-11)17-16(22)19-14-9-6-10-2-1-3-13(10)18-14/h6,9,11-12H,1-5,7-8H2,(H,20,21)(H2,17,18,19,22). The molecule has 1 aromatic heterocycles. The van der Waals surface area contributed by atoms with Crippen LogP contribution >= 0.6 is 0 Å². The molecule has 118 valence electrons. The first kappa shape index (κ1) is 14.8. The molecular weight excluding hydrogens is 282 g/mol. The Hall–Kier alpha value is -2.11. The van der Waals surface area contributed by atoms with Crippen LogP contribution in [0.2, 0.25) is 0 Å². The van der Waals surface area contributed by atoms with Crippen molar-refractivity contribution in [3.05, 3.63) is 23.4 Å². The predicted molar refractivity (Wildman–Crippen MR) is 81.8 cm³/mol. The molecule has 0 radical (unpaired) electrons. The minimum atomic E-state index is -0.731. The first-order valence-electron chi connectivity index (χ1n) is 7.91. The summed E-state index contributed by atoms with van der Waals surface area (Å²) in [5, 5.41) is 14.7. The number of carboxylic acids is 1. The van der Waals surface area contributed by atoms with Crippen molar-refractivity contribution in [2.45, 2.75) is 51.0 Å². The van der Waals surface area contributed by atoms with Crippen molar-refractivity contribution in [1.29, 1.82) is 0 Å². The van der Waals surface area contributed by atoms with Gasteiger partial charge in [0.1, 0.15) is 5.82 Å². The summed E-state index contributed by atoms with van der Waals surface area (Å²) < 4.78 is 0. The summed E-state index contributed by atoms with van der Waals surface area (Å²) in [5.74, 6) is -0.415. The number of anilines is 1. The molecule has 0 aliphatic heterocycles. The van der Waals surface area contributed by atoms with Crippen molar-refractivity contribution in [2.24, 2.45) is 5.92 Å². The number of urea groups is 1. The number of hydrogen-bond acceptors (Lipinski definition) is 3. The summed E-state index contributed by atoms with van der Waals surface area (Å²) in [6.07, 6.45) is 5.84. The van der Waals surface area contributed by atoms with Crippen LogP contribution in [0.15, 0.2) is 12.1 Å². The zero-order valence-corrected chi connectivity index (χ0v) is 12.5. The molecule has 3 rings (SSSR count). The van der Waals surface area contributed by atoms with Gasteiger partial charge in [0.05, 0.1) is 5.92 Å². The zero-order valence-electron chi connectivity index (χ0n) is 12.5. The third-order valence-corrected chi connectivity index (χ3v) is 4.58. The normalized spacial score (nSPS) is 23.6. The molecule has 1 heterocycles. The lowest BCUT2D eigenvalue weighted by Crippen LogP contribution is -2.41. The highest BCUT2D eigenvalue weighted by Crippen LogP contribution is 2.25. The van der Waals surface area contributed by atoms with E-state index < -0.39 is 5.97 Å². The van der Waals surface area contributed by atoms with E-state index in [0.717, 1.165) is 25.0 Å². The fourth-order valence-corrected chi connectivity index (χ4v) is 3.31. The quantitative estimate of drug-likeness (QED) is 0.799. The molecule has 0 saturated heterocycles. The number of carboxylic acid groups (broad SMARTS) is 1. The van der Waals surface area contributed by atoms with Gasteiger partial charge in [-0.25, -0.2) is 9.78 Å². The van der Waals surface area contributed by atoms with Gasteiger partial charge in [0, 0.05) is 11.7 Å². The summed E-state index contributed by atoms with van der Waals surface area (Å²) in [7, 11) is 0. The average molecular weight is 303 g/mol. The van der Waals surface area contributed by atoms with Crippen LogP contribution in [0.1, 0.15) is 43.4 Å². The fraction of sp³-hybridized carbons (Fsp3) is 0.562. The Morgan fingerprint density at radius 3 is 2.64 bits per heavy atom. The number of aromatic nitrogens is 1. The maximum Gasteiger partial charge on any atom is 0.320 e. The van der Waals surface area contributed by atoms with E-state index in [2.05, 4.69) is 15.6 Å². The Labute approximate surface area is 129 Å². The van der Waals surface area contributed by atoms with Crippen molar-refractivity contribution in [3.63, 3.8) is 0 Å². The number of nitrogens with one attached hydrogen (secondary N) is 2. The molecule has 0 atom stereocenters. The van der Waals surface area contributed by atoms with Crippen LogP contribution in [0, 0.1) is 5.92 Å². The number of fused-ring (bicyclic) bond motifs is 1. The van der Waals surface area contributed by atoms with Crippen LogP contribution in [0.5, 0.6) is 0 Å². The van der Waals surface area contributed by atoms with E-state index in [-0.39, 0.29) is 18.0 Å². The molecule has 1 saturated carbocycles. The van der Waals surface area contributed by atoms with E-state index in [9.17, 15) is 9.59 Å². The summed E-state index contributed by atoms with van der Waals surface area (Å²) in [6.45, 7) is 0. The number of aliphatic carboxylic acids is 1. The maximum absolute atomic E-state index is 12.0. The van der Waals surface area contributed by atoms with Crippen molar-refractivity contribution in [3.8, 4) is 0 Å². The van der Waals surface area contributed by atoms with Gasteiger partial charge in [-0.3, -0.25) is 10.1 Å². The number of pyridine rings is 1. The van der Waals surface area contributed by atoms with Gasteiger partial charge in [-0.2, -0.15) is 0 Å². The van der Waals surface area contributed by atoms with Crippen LogP contribution in [-0.2, 0) is 17.6 Å². The number of rotatable bonds is 3. The minimum absolute atomic E-state index is 0.0463. The molecule has 1 aromatic rings. The van der Waals surface area contributed by atoms with E-state index in [4.69, 9.17) is 5.11 Å². The lowest BCUT2D eigenvalue weighted by Gasteiger charge is -2.26. The summed E-state index contributed by atoms with van der Waals surface area (Å²) in [6, 6.07) is 3.66. The van der Waals surface area contributed by atoms with Crippen molar-refractivity contribution < 1.29 is 14.7 Å². The van der Waals surface area contributed by atoms with E-state index in [1.165, 1.54) is 5.56 Å². The molecule has 2 aliphatic carbocycles. The fourth-order valence-electron chi connectivity index (χ4n) is 3.31. The van der Waals surface area contributed by atoms with Crippen LogP contribution < -0.4 is 10.6 Å². The van der Waals surface area contributed by atoms with Gasteiger partial charge in [-0.05, 0) is 56.6 Å². The van der Waals surface area contributed by atoms with E-state index in [0.29, 0.717) is 31.5 Å². The van der Waals surface area contributed by atoms with E-state index in [1.54, 1.807) is 0 Å². The molecular formula is C16H21N3O3. The lowest BCUT2D eigenvalue weighted by molar-refractivity contribution is -0.142. The Bertz CT molecular complexity index is 580. The second-order valence-corrected chi connectivity index (χ2v) is 6.14. The van der Waals surface area contributed by atoms with Gasteiger partial charge >= 0.3 is 12.0 Å². The molecule has 6 nitrogen and oxygen atoms in total. The number of nitrogens with zero attached hydrogens (tertiary/aromatic N) is 1. The van der Waals surface area contributed by atoms with Gasteiger partial charge < -0.3 is 10.4 Å². The van der Waals surface area contributed by atoms with Gasteiger partial charge in [0.15, 0.2) is 0 Å². The largest absolute Gasteiger partial charge is 0.481 e. The second-order valence-electron chi connectivity index (χ2n) is 6.14. The van der Waals surface area contributed by atoms with Gasteiger partial charge in [0.2, 0.25) is 0 Å². The first-order chi connectivity index (χ1) is 10.6. The average Bonchev–Trinajstić information content (AvgIpc) is 2.95. The smallest absolute Gasteiger partial charge is 0.320 e. The summed E-state index contributed by atoms with van der Waals surface area (Å²) >= 11 is 0. The van der Waals surface area contributed by atoms with E-state index >= 15 is 0 Å². The Morgan fingerprint density at radius 1 is 1.14 bits per heavy atom. The predicted octanol–water partition coefficient (Wildman–Crippen LogP) is 2.34. The van der Waals surface area contributed by atoms with Crippen LogP contribution in [-0.4, -0.2) is 28.1 Å². The molecule has 6 heteroatoms. The van der Waals surface area contributed by atoms with Crippen molar-refractivity contribution in [1.82, 2.24) is 10.3 Å². The molecule has 22 heavy (non-hydrogen) atoms. The zero-order chi connectivity index (χ0) is 15.5. The van der Waals surface area contributed by atoms with Crippen LogP contribution in [0.3, 0.4) is 0 Å². The molecule has 2 amide bonds. The third kappa shape index (κ3) is 3.37. The highest BCUT2D eigenvalue weighted by atomic mass is 16.4. The molecule has 1 fully saturated rings. The van der Waals surface area contributed by atoms with Gasteiger partial charge in [-0.15, -0.1) is 0 Å². The summed E-state index contributed by atoms with van der Waals surface area (Å²) in [5.41, 5.74) is 2.36. The highest BCUT2D eigenvalue weighted by molar-refractivity contribution is 5.88. The Morgan fingerprint density at radius 2 is 1.91 bits per heavy atom. The lowest BCUT2D eigenvalue weighted by atomic mass is 9.86. The Kier molecular flexibility index (Phi) is 4.27. The van der Waals surface area contributed by atoms with Gasteiger partial charge in [-0.1, -0.05) is 6.07 Å².